The highest BCUT2D eigenvalue weighted by molar-refractivity contribution is 7.80. The van der Waals surface area contributed by atoms with Crippen molar-refractivity contribution in [2.75, 3.05) is 17.2 Å². The number of carbonyl (C=O) groups excluding carboxylic acids is 1. The lowest BCUT2D eigenvalue weighted by atomic mass is 10.1. The number of rotatable bonds is 2. The highest BCUT2D eigenvalue weighted by atomic mass is 35.5. The van der Waals surface area contributed by atoms with Gasteiger partial charge in [0.25, 0.3) is 0 Å². The van der Waals surface area contributed by atoms with Gasteiger partial charge in [-0.05, 0) is 18.6 Å². The third kappa shape index (κ3) is 2.51. The Morgan fingerprint density at radius 3 is 2.47 bits per heavy atom. The molecule has 1 unspecified atom stereocenters. The van der Waals surface area contributed by atoms with Crippen molar-refractivity contribution in [2.45, 2.75) is 13.3 Å². The minimum absolute atomic E-state index is 0.0136. The smallest absolute Gasteiger partial charge is 0.227 e. The Labute approximate surface area is 115 Å². The summed E-state index contributed by atoms with van der Waals surface area (Å²) >= 11 is 16.2. The van der Waals surface area contributed by atoms with Gasteiger partial charge in [0, 0.05) is 13.0 Å². The maximum absolute atomic E-state index is 11.9. The summed E-state index contributed by atoms with van der Waals surface area (Å²) in [7, 11) is 0. The molecule has 0 saturated carbocycles. The predicted octanol–water partition coefficient (Wildman–Crippen LogP) is 2.37. The second-order valence-electron chi connectivity index (χ2n) is 3.96. The number of thiol groups is 1. The average molecular weight is 292 g/mol. The monoisotopic (exact) mass is 291 g/mol. The van der Waals surface area contributed by atoms with Crippen LogP contribution in [0.25, 0.3) is 0 Å². The number of hydrogen-bond acceptors (Lipinski definition) is 4. The molecule has 1 aromatic rings. The van der Waals surface area contributed by atoms with E-state index >= 15 is 0 Å². The van der Waals surface area contributed by atoms with Gasteiger partial charge < -0.3 is 4.90 Å². The van der Waals surface area contributed by atoms with Crippen molar-refractivity contribution in [3.8, 4) is 0 Å². The van der Waals surface area contributed by atoms with Crippen molar-refractivity contribution in [1.82, 2.24) is 9.97 Å². The topological polar surface area (TPSA) is 46.1 Å². The molecule has 1 fully saturated rings. The van der Waals surface area contributed by atoms with Crippen LogP contribution in [0.15, 0.2) is 0 Å². The van der Waals surface area contributed by atoms with Gasteiger partial charge in [0.2, 0.25) is 5.91 Å². The standard InChI is InChI=1S/C10H11Cl2N3OS/c1-5-13-9(11)8(10(12)14-5)15-3-6(4-17)2-7(15)16/h6,17H,2-4H2,1H3. The van der Waals surface area contributed by atoms with E-state index in [4.69, 9.17) is 23.2 Å². The fourth-order valence-corrected chi connectivity index (χ4v) is 2.76. The van der Waals surface area contributed by atoms with Crippen LogP contribution in [0, 0.1) is 12.8 Å². The van der Waals surface area contributed by atoms with E-state index in [2.05, 4.69) is 22.6 Å². The molecule has 2 rings (SSSR count). The molecule has 1 atom stereocenters. The first-order valence-electron chi connectivity index (χ1n) is 5.13. The second-order valence-corrected chi connectivity index (χ2v) is 5.04. The molecule has 0 spiro atoms. The van der Waals surface area contributed by atoms with Crippen LogP contribution < -0.4 is 4.90 Å². The third-order valence-corrected chi connectivity index (χ3v) is 3.69. The van der Waals surface area contributed by atoms with E-state index < -0.39 is 0 Å². The zero-order valence-corrected chi connectivity index (χ0v) is 11.6. The summed E-state index contributed by atoms with van der Waals surface area (Å²) in [6.07, 6.45) is 0.462. The van der Waals surface area contributed by atoms with Crippen LogP contribution in [-0.4, -0.2) is 28.2 Å². The fraction of sp³-hybridized carbons (Fsp3) is 0.500. The molecule has 17 heavy (non-hydrogen) atoms. The van der Waals surface area contributed by atoms with Crippen molar-refractivity contribution in [2.24, 2.45) is 5.92 Å². The Bertz CT molecular complexity index is 446. The predicted molar refractivity (Wildman–Crippen MR) is 71.1 cm³/mol. The number of carbonyl (C=O) groups is 1. The molecule has 7 heteroatoms. The van der Waals surface area contributed by atoms with E-state index in [0.717, 1.165) is 0 Å². The van der Waals surface area contributed by atoms with Gasteiger partial charge in [-0.3, -0.25) is 4.79 Å². The number of nitrogens with zero attached hydrogens (tertiary/aromatic N) is 3. The summed E-state index contributed by atoms with van der Waals surface area (Å²) in [5.41, 5.74) is 0.410. The molecule has 1 amide bonds. The van der Waals surface area contributed by atoms with E-state index in [1.54, 1.807) is 11.8 Å². The zero-order valence-electron chi connectivity index (χ0n) is 9.15. The first-order chi connectivity index (χ1) is 8.02. The molecule has 0 N–H and O–H groups in total. The molecule has 4 nitrogen and oxygen atoms in total. The average Bonchev–Trinajstić information content (AvgIpc) is 2.59. The van der Waals surface area contributed by atoms with Gasteiger partial charge in [0.05, 0.1) is 0 Å². The van der Waals surface area contributed by atoms with Crippen molar-refractivity contribution < 1.29 is 4.79 Å². The maximum atomic E-state index is 11.9. The van der Waals surface area contributed by atoms with Crippen molar-refractivity contribution in [3.63, 3.8) is 0 Å². The number of aromatic nitrogens is 2. The molecule has 92 valence electrons. The van der Waals surface area contributed by atoms with Crippen molar-refractivity contribution in [1.29, 1.82) is 0 Å². The quantitative estimate of drug-likeness (QED) is 0.672. The summed E-state index contributed by atoms with van der Waals surface area (Å²) in [6.45, 7) is 2.26. The van der Waals surface area contributed by atoms with Gasteiger partial charge in [-0.2, -0.15) is 12.6 Å². The number of hydrogen-bond donors (Lipinski definition) is 1. The van der Waals surface area contributed by atoms with Crippen LogP contribution in [0.2, 0.25) is 10.3 Å². The Morgan fingerprint density at radius 2 is 2.00 bits per heavy atom. The van der Waals surface area contributed by atoms with Gasteiger partial charge >= 0.3 is 0 Å². The Kier molecular flexibility index (Phi) is 3.80. The Morgan fingerprint density at radius 1 is 1.41 bits per heavy atom. The van der Waals surface area contributed by atoms with Crippen LogP contribution >= 0.6 is 35.8 Å². The molecule has 1 aliphatic rings. The first-order valence-corrected chi connectivity index (χ1v) is 6.52. The maximum Gasteiger partial charge on any atom is 0.227 e. The molecular formula is C10H11Cl2N3OS. The molecule has 0 aromatic carbocycles. The summed E-state index contributed by atoms with van der Waals surface area (Å²) < 4.78 is 0. The highest BCUT2D eigenvalue weighted by Crippen LogP contribution is 2.35. The Hall–Kier alpha value is -0.520. The fourth-order valence-electron chi connectivity index (χ4n) is 1.84. The van der Waals surface area contributed by atoms with Gasteiger partial charge in [0.15, 0.2) is 10.3 Å². The first kappa shape index (κ1) is 12.9. The van der Waals surface area contributed by atoms with Gasteiger partial charge in [-0.1, -0.05) is 23.2 Å². The molecule has 1 aliphatic heterocycles. The number of anilines is 1. The normalized spacial score (nSPS) is 20.1. The molecule has 1 saturated heterocycles. The summed E-state index contributed by atoms with van der Waals surface area (Å²) in [4.78, 5) is 21.4. The number of halogens is 2. The molecule has 0 radical (unpaired) electrons. The lowest BCUT2D eigenvalue weighted by molar-refractivity contribution is -0.117. The largest absolute Gasteiger partial charge is 0.307 e. The van der Waals surface area contributed by atoms with Gasteiger partial charge in [-0.25, -0.2) is 9.97 Å². The zero-order chi connectivity index (χ0) is 12.6. The van der Waals surface area contributed by atoms with Crippen LogP contribution in [0.1, 0.15) is 12.2 Å². The number of aryl methyl sites for hydroxylation is 1. The second kappa shape index (κ2) is 5.00. The van der Waals surface area contributed by atoms with E-state index in [9.17, 15) is 4.79 Å². The SMILES string of the molecule is Cc1nc(Cl)c(N2CC(CS)CC2=O)c(Cl)n1. The summed E-state index contributed by atoms with van der Waals surface area (Å²) in [5, 5.41) is 0.436. The van der Waals surface area contributed by atoms with Gasteiger partial charge in [-0.15, -0.1) is 0 Å². The lowest BCUT2D eigenvalue weighted by Crippen LogP contribution is -2.26. The minimum Gasteiger partial charge on any atom is -0.307 e. The van der Waals surface area contributed by atoms with Crippen LogP contribution in [0.4, 0.5) is 5.69 Å². The molecular weight excluding hydrogens is 281 g/mol. The van der Waals surface area contributed by atoms with Gasteiger partial charge in [0.1, 0.15) is 11.5 Å². The molecule has 2 heterocycles. The number of amides is 1. The van der Waals surface area contributed by atoms with Crippen molar-refractivity contribution >= 4 is 47.4 Å². The summed E-state index contributed by atoms with van der Waals surface area (Å²) in [6, 6.07) is 0. The summed E-state index contributed by atoms with van der Waals surface area (Å²) in [5.74, 6) is 1.35. The van der Waals surface area contributed by atoms with Crippen LogP contribution in [0.3, 0.4) is 0 Å². The van der Waals surface area contributed by atoms with Crippen molar-refractivity contribution in [3.05, 3.63) is 16.1 Å². The molecule has 1 aromatic heterocycles. The Balaban J connectivity index is 2.38. The van der Waals surface area contributed by atoms with E-state index in [-0.39, 0.29) is 22.1 Å². The minimum atomic E-state index is -0.0136. The molecule has 0 aliphatic carbocycles. The molecule has 0 bridgehead atoms. The van der Waals surface area contributed by atoms with Crippen LogP contribution in [-0.2, 0) is 4.79 Å². The van der Waals surface area contributed by atoms with E-state index in [1.807, 2.05) is 0 Å². The van der Waals surface area contributed by atoms with E-state index in [0.29, 0.717) is 30.2 Å². The lowest BCUT2D eigenvalue weighted by Gasteiger charge is -2.18. The van der Waals surface area contributed by atoms with E-state index in [1.165, 1.54) is 0 Å². The van der Waals surface area contributed by atoms with Crippen LogP contribution in [0.5, 0.6) is 0 Å². The highest BCUT2D eigenvalue weighted by Gasteiger charge is 2.33. The third-order valence-electron chi connectivity index (χ3n) is 2.64.